The molecule has 0 atom stereocenters. The van der Waals surface area contributed by atoms with Gasteiger partial charge in [-0.2, -0.15) is 5.26 Å². The van der Waals surface area contributed by atoms with E-state index in [0.29, 0.717) is 24.5 Å². The second kappa shape index (κ2) is 8.94. The maximum absolute atomic E-state index is 11.5. The summed E-state index contributed by atoms with van der Waals surface area (Å²) in [4.78, 5) is 11.5. The molecule has 0 bridgehead atoms. The van der Waals surface area contributed by atoms with E-state index in [9.17, 15) is 4.79 Å². The number of nitrogens with zero attached hydrogens (tertiary/aromatic N) is 1. The van der Waals surface area contributed by atoms with Crippen molar-refractivity contribution in [3.05, 3.63) is 29.8 Å². The molecule has 0 saturated heterocycles. The smallest absolute Gasteiger partial charge is 0.257 e. The molecule has 0 aliphatic carbocycles. The van der Waals surface area contributed by atoms with Crippen LogP contribution in [0.2, 0.25) is 0 Å². The van der Waals surface area contributed by atoms with Crippen LogP contribution in [0.25, 0.3) is 0 Å². The fraction of sp³-hybridized carbons (Fsp3) is 0.467. The van der Waals surface area contributed by atoms with Crippen molar-refractivity contribution in [2.24, 2.45) is 0 Å². The number of carbonyl (C=O) groups excluding carboxylic acids is 1. The molecule has 0 unspecified atom stereocenters. The fourth-order valence-corrected chi connectivity index (χ4v) is 1.44. The average molecular weight is 276 g/mol. The molecule has 1 N–H and O–H groups in total. The number of hydrogen-bond donors (Lipinski definition) is 1. The molecule has 108 valence electrons. The molecular formula is C15H20N2O3. The maximum Gasteiger partial charge on any atom is 0.257 e. The van der Waals surface area contributed by atoms with Crippen LogP contribution in [0.1, 0.15) is 25.8 Å². The molecule has 0 saturated carbocycles. The topological polar surface area (TPSA) is 71.3 Å². The van der Waals surface area contributed by atoms with Crippen molar-refractivity contribution in [1.29, 1.82) is 5.26 Å². The number of ether oxygens (including phenoxy) is 2. The summed E-state index contributed by atoms with van der Waals surface area (Å²) in [7, 11) is 0. The van der Waals surface area contributed by atoms with E-state index >= 15 is 0 Å². The van der Waals surface area contributed by atoms with Crippen LogP contribution in [-0.2, 0) is 9.53 Å². The van der Waals surface area contributed by atoms with Gasteiger partial charge in [-0.05, 0) is 44.5 Å². The van der Waals surface area contributed by atoms with E-state index in [-0.39, 0.29) is 18.6 Å². The Labute approximate surface area is 119 Å². The van der Waals surface area contributed by atoms with Gasteiger partial charge in [0.1, 0.15) is 5.75 Å². The third-order valence-corrected chi connectivity index (χ3v) is 2.45. The Balaban J connectivity index is 2.14. The first-order valence-electron chi connectivity index (χ1n) is 6.63. The van der Waals surface area contributed by atoms with Crippen LogP contribution >= 0.6 is 0 Å². The molecule has 0 aliphatic rings. The summed E-state index contributed by atoms with van der Waals surface area (Å²) in [6, 6.07) is 8.66. The lowest BCUT2D eigenvalue weighted by Crippen LogP contribution is -2.30. The molecule has 0 spiro atoms. The van der Waals surface area contributed by atoms with Gasteiger partial charge in [0.2, 0.25) is 0 Å². The predicted octanol–water partition coefficient (Wildman–Crippen LogP) is 1.87. The minimum atomic E-state index is -0.168. The van der Waals surface area contributed by atoms with Gasteiger partial charge in [0.15, 0.2) is 6.61 Å². The molecule has 5 heteroatoms. The number of nitriles is 1. The third-order valence-electron chi connectivity index (χ3n) is 2.45. The van der Waals surface area contributed by atoms with E-state index < -0.39 is 0 Å². The number of nitrogens with one attached hydrogen (secondary N) is 1. The summed E-state index contributed by atoms with van der Waals surface area (Å²) < 4.78 is 10.7. The van der Waals surface area contributed by atoms with Gasteiger partial charge >= 0.3 is 0 Å². The zero-order chi connectivity index (χ0) is 14.8. The minimum Gasteiger partial charge on any atom is -0.484 e. The van der Waals surface area contributed by atoms with Gasteiger partial charge in [0, 0.05) is 13.2 Å². The summed E-state index contributed by atoms with van der Waals surface area (Å²) in [6.45, 7) is 5.13. The summed E-state index contributed by atoms with van der Waals surface area (Å²) in [5.74, 6) is 0.404. The predicted molar refractivity (Wildman–Crippen MR) is 75.4 cm³/mol. The highest BCUT2D eigenvalue weighted by molar-refractivity contribution is 5.77. The number of rotatable bonds is 8. The zero-order valence-corrected chi connectivity index (χ0v) is 11.9. The Bertz CT molecular complexity index is 449. The van der Waals surface area contributed by atoms with Gasteiger partial charge in [0.05, 0.1) is 17.7 Å². The number of carbonyl (C=O) groups is 1. The lowest BCUT2D eigenvalue weighted by Gasteiger charge is -2.09. The number of benzene rings is 1. The van der Waals surface area contributed by atoms with E-state index in [0.717, 1.165) is 6.42 Å². The van der Waals surface area contributed by atoms with Crippen LogP contribution in [0.4, 0.5) is 0 Å². The van der Waals surface area contributed by atoms with E-state index in [1.807, 2.05) is 19.9 Å². The first-order chi connectivity index (χ1) is 9.61. The molecule has 1 aromatic rings. The van der Waals surface area contributed by atoms with E-state index in [4.69, 9.17) is 14.7 Å². The van der Waals surface area contributed by atoms with Gasteiger partial charge in [-0.15, -0.1) is 0 Å². The van der Waals surface area contributed by atoms with Gasteiger partial charge < -0.3 is 14.8 Å². The second-order valence-electron chi connectivity index (χ2n) is 4.55. The SMILES string of the molecule is CC(C)OCCCNC(=O)COc1ccc(C#N)cc1. The molecule has 5 nitrogen and oxygen atoms in total. The number of amides is 1. The lowest BCUT2D eigenvalue weighted by atomic mass is 10.2. The molecule has 20 heavy (non-hydrogen) atoms. The summed E-state index contributed by atoms with van der Waals surface area (Å²) in [5.41, 5.74) is 0.562. The standard InChI is InChI=1S/C15H20N2O3/c1-12(2)19-9-3-8-17-15(18)11-20-14-6-4-13(10-16)5-7-14/h4-7,12H,3,8-9,11H2,1-2H3,(H,17,18). The van der Waals surface area contributed by atoms with Gasteiger partial charge in [-0.1, -0.05) is 0 Å². The van der Waals surface area contributed by atoms with E-state index in [1.165, 1.54) is 0 Å². The third kappa shape index (κ3) is 6.76. The maximum atomic E-state index is 11.5. The van der Waals surface area contributed by atoms with Crippen molar-refractivity contribution >= 4 is 5.91 Å². The van der Waals surface area contributed by atoms with Crippen LogP contribution in [-0.4, -0.2) is 31.8 Å². The summed E-state index contributed by atoms with van der Waals surface area (Å²) in [6.07, 6.45) is 0.992. The Hall–Kier alpha value is -2.06. The monoisotopic (exact) mass is 276 g/mol. The van der Waals surface area contributed by atoms with Crippen LogP contribution in [0.3, 0.4) is 0 Å². The van der Waals surface area contributed by atoms with Crippen molar-refractivity contribution in [1.82, 2.24) is 5.32 Å². The van der Waals surface area contributed by atoms with Crippen LogP contribution in [0.15, 0.2) is 24.3 Å². The highest BCUT2D eigenvalue weighted by atomic mass is 16.5. The molecule has 0 aliphatic heterocycles. The highest BCUT2D eigenvalue weighted by Crippen LogP contribution is 2.11. The second-order valence-corrected chi connectivity index (χ2v) is 4.55. The fourth-order valence-electron chi connectivity index (χ4n) is 1.44. The van der Waals surface area contributed by atoms with Crippen molar-refractivity contribution in [2.45, 2.75) is 26.4 Å². The first-order valence-corrected chi connectivity index (χ1v) is 6.63. The Morgan fingerprint density at radius 1 is 1.35 bits per heavy atom. The van der Waals surface area contributed by atoms with Gasteiger partial charge in [-0.3, -0.25) is 4.79 Å². The molecule has 0 fully saturated rings. The highest BCUT2D eigenvalue weighted by Gasteiger charge is 2.02. The first kappa shape index (κ1) is 16.0. The molecule has 0 heterocycles. The lowest BCUT2D eigenvalue weighted by molar-refractivity contribution is -0.123. The van der Waals surface area contributed by atoms with Gasteiger partial charge in [-0.25, -0.2) is 0 Å². The molecule has 0 radical (unpaired) electrons. The summed E-state index contributed by atoms with van der Waals surface area (Å²) >= 11 is 0. The quantitative estimate of drug-likeness (QED) is 0.736. The van der Waals surface area contributed by atoms with E-state index in [2.05, 4.69) is 5.32 Å². The van der Waals surface area contributed by atoms with Crippen LogP contribution in [0, 0.1) is 11.3 Å². The Kier molecular flexibility index (Phi) is 7.15. The minimum absolute atomic E-state index is 0.0308. The largest absolute Gasteiger partial charge is 0.484 e. The van der Waals surface area contributed by atoms with Crippen molar-refractivity contribution < 1.29 is 14.3 Å². The Morgan fingerprint density at radius 2 is 2.05 bits per heavy atom. The van der Waals surface area contributed by atoms with Gasteiger partial charge in [0.25, 0.3) is 5.91 Å². The van der Waals surface area contributed by atoms with Crippen molar-refractivity contribution in [3.63, 3.8) is 0 Å². The van der Waals surface area contributed by atoms with Crippen LogP contribution < -0.4 is 10.1 Å². The van der Waals surface area contributed by atoms with Crippen molar-refractivity contribution in [3.8, 4) is 11.8 Å². The van der Waals surface area contributed by atoms with Crippen molar-refractivity contribution in [2.75, 3.05) is 19.8 Å². The average Bonchev–Trinajstić information content (AvgIpc) is 2.45. The molecule has 1 amide bonds. The van der Waals surface area contributed by atoms with E-state index in [1.54, 1.807) is 24.3 Å². The summed E-state index contributed by atoms with van der Waals surface area (Å²) in [5, 5.41) is 11.4. The molecule has 1 rings (SSSR count). The normalized spacial score (nSPS) is 10.1. The molecular weight excluding hydrogens is 256 g/mol. The number of hydrogen-bond acceptors (Lipinski definition) is 4. The molecule has 1 aromatic carbocycles. The molecule has 0 aromatic heterocycles. The van der Waals surface area contributed by atoms with Crippen LogP contribution in [0.5, 0.6) is 5.75 Å². The zero-order valence-electron chi connectivity index (χ0n) is 11.9. The Morgan fingerprint density at radius 3 is 2.65 bits per heavy atom.